The first-order chi connectivity index (χ1) is 13.7. The summed E-state index contributed by atoms with van der Waals surface area (Å²) in [4.78, 5) is 16.1. The van der Waals surface area contributed by atoms with Crippen LogP contribution in [0.3, 0.4) is 0 Å². The van der Waals surface area contributed by atoms with Crippen LogP contribution in [-0.2, 0) is 12.8 Å². The van der Waals surface area contributed by atoms with Gasteiger partial charge in [-0.15, -0.1) is 0 Å². The number of fused-ring (bicyclic) bond motifs is 1. The van der Waals surface area contributed by atoms with Gasteiger partial charge >= 0.3 is 6.03 Å². The maximum Gasteiger partial charge on any atom is 0.317 e. The maximum atomic E-state index is 13.9. The van der Waals surface area contributed by atoms with Gasteiger partial charge in [0.15, 0.2) is 0 Å². The highest BCUT2D eigenvalue weighted by Gasteiger charge is 2.22. The van der Waals surface area contributed by atoms with Gasteiger partial charge in [0.1, 0.15) is 18.2 Å². The van der Waals surface area contributed by atoms with Crippen molar-refractivity contribution < 1.29 is 13.9 Å². The summed E-state index contributed by atoms with van der Waals surface area (Å²) in [5.74, 6) is 0.650. The van der Waals surface area contributed by atoms with Gasteiger partial charge in [-0.1, -0.05) is 18.2 Å². The van der Waals surface area contributed by atoms with E-state index in [1.54, 1.807) is 17.0 Å². The van der Waals surface area contributed by atoms with Crippen molar-refractivity contribution in [1.82, 2.24) is 10.2 Å². The molecule has 5 nitrogen and oxygen atoms in total. The molecule has 6 heteroatoms. The number of aryl methyl sites for hydroxylation is 2. The number of rotatable bonds is 5. The summed E-state index contributed by atoms with van der Waals surface area (Å²) < 4.78 is 19.7. The van der Waals surface area contributed by atoms with E-state index >= 15 is 0 Å². The van der Waals surface area contributed by atoms with Crippen molar-refractivity contribution in [3.63, 3.8) is 0 Å². The second-order valence-corrected chi connectivity index (χ2v) is 7.29. The van der Waals surface area contributed by atoms with E-state index in [0.29, 0.717) is 45.0 Å². The minimum atomic E-state index is -0.218. The molecule has 1 heterocycles. The molecule has 0 unspecified atom stereocenters. The third-order valence-electron chi connectivity index (χ3n) is 5.48. The van der Waals surface area contributed by atoms with Crippen LogP contribution in [0.1, 0.15) is 17.5 Å². The Balaban J connectivity index is 1.18. The Bertz CT molecular complexity index is 834. The lowest BCUT2D eigenvalue weighted by atomic mass is 10.1. The van der Waals surface area contributed by atoms with Gasteiger partial charge in [0.05, 0.1) is 12.2 Å². The minimum Gasteiger partial charge on any atom is -0.492 e. The topological polar surface area (TPSA) is 44.8 Å². The van der Waals surface area contributed by atoms with Crippen LogP contribution in [0, 0.1) is 5.82 Å². The van der Waals surface area contributed by atoms with Crippen molar-refractivity contribution in [3.8, 4) is 5.75 Å². The van der Waals surface area contributed by atoms with E-state index in [2.05, 4.69) is 17.4 Å². The van der Waals surface area contributed by atoms with Crippen LogP contribution < -0.4 is 15.0 Å². The van der Waals surface area contributed by atoms with Crippen LogP contribution in [0.4, 0.5) is 14.9 Å². The SMILES string of the molecule is O=C(NCCOc1ccc2c(c1)CCC2)N1CCN(c2ccccc2F)CC1. The number of para-hydroxylation sites is 1. The fourth-order valence-corrected chi connectivity index (χ4v) is 3.94. The number of ether oxygens (including phenoxy) is 1. The van der Waals surface area contributed by atoms with Crippen LogP contribution in [0.15, 0.2) is 42.5 Å². The fourth-order valence-electron chi connectivity index (χ4n) is 3.94. The molecule has 0 aromatic heterocycles. The zero-order valence-electron chi connectivity index (χ0n) is 16.0. The normalized spacial score (nSPS) is 16.0. The molecule has 1 aliphatic carbocycles. The lowest BCUT2D eigenvalue weighted by Crippen LogP contribution is -2.52. The van der Waals surface area contributed by atoms with E-state index in [-0.39, 0.29) is 11.8 Å². The number of urea groups is 1. The maximum absolute atomic E-state index is 13.9. The van der Waals surface area contributed by atoms with Gasteiger partial charge in [0.25, 0.3) is 0 Å². The van der Waals surface area contributed by atoms with Crippen LogP contribution in [0.5, 0.6) is 5.75 Å². The number of carbonyl (C=O) groups is 1. The van der Waals surface area contributed by atoms with Gasteiger partial charge in [-0.2, -0.15) is 0 Å². The summed E-state index contributed by atoms with van der Waals surface area (Å²) in [6, 6.07) is 12.9. The van der Waals surface area contributed by atoms with Crippen molar-refractivity contribution in [2.45, 2.75) is 19.3 Å². The molecule has 0 spiro atoms. The van der Waals surface area contributed by atoms with E-state index in [1.807, 2.05) is 17.0 Å². The summed E-state index contributed by atoms with van der Waals surface area (Å²) in [5, 5.41) is 2.91. The molecule has 4 rings (SSSR count). The average molecular weight is 383 g/mol. The van der Waals surface area contributed by atoms with Gasteiger partial charge in [-0.05, 0) is 54.7 Å². The smallest absolute Gasteiger partial charge is 0.317 e. The number of nitrogens with zero attached hydrogens (tertiary/aromatic N) is 2. The van der Waals surface area contributed by atoms with E-state index in [0.717, 1.165) is 18.6 Å². The van der Waals surface area contributed by atoms with Crippen molar-refractivity contribution >= 4 is 11.7 Å². The van der Waals surface area contributed by atoms with Crippen LogP contribution in [0.25, 0.3) is 0 Å². The summed E-state index contributed by atoms with van der Waals surface area (Å²) in [5.41, 5.74) is 3.41. The van der Waals surface area contributed by atoms with Gasteiger partial charge in [0.2, 0.25) is 0 Å². The number of amides is 2. The third-order valence-corrected chi connectivity index (χ3v) is 5.48. The molecular weight excluding hydrogens is 357 g/mol. The lowest BCUT2D eigenvalue weighted by Gasteiger charge is -2.36. The highest BCUT2D eigenvalue weighted by molar-refractivity contribution is 5.74. The highest BCUT2D eigenvalue weighted by atomic mass is 19.1. The first-order valence-electron chi connectivity index (χ1n) is 9.97. The second-order valence-electron chi connectivity index (χ2n) is 7.29. The number of halogens is 1. The molecule has 0 saturated carbocycles. The molecule has 1 N–H and O–H groups in total. The quantitative estimate of drug-likeness (QED) is 0.807. The number of nitrogens with one attached hydrogen (secondary N) is 1. The molecule has 0 radical (unpaired) electrons. The number of piperazine rings is 1. The molecule has 2 aromatic rings. The highest BCUT2D eigenvalue weighted by Crippen LogP contribution is 2.26. The Morgan fingerprint density at radius 3 is 2.64 bits per heavy atom. The standard InChI is InChI=1S/C22H26FN3O2/c23-20-6-1-2-7-21(20)25-11-13-26(14-12-25)22(27)24-10-15-28-19-9-8-17-4-3-5-18(17)16-19/h1-2,6-9,16H,3-5,10-15H2,(H,24,27). The molecule has 1 saturated heterocycles. The van der Waals surface area contributed by atoms with Gasteiger partial charge < -0.3 is 19.9 Å². The molecular formula is C22H26FN3O2. The summed E-state index contributed by atoms with van der Waals surface area (Å²) in [6.07, 6.45) is 3.51. The Morgan fingerprint density at radius 1 is 1.04 bits per heavy atom. The van der Waals surface area contributed by atoms with E-state index in [9.17, 15) is 9.18 Å². The van der Waals surface area contributed by atoms with Crippen LogP contribution in [-0.4, -0.2) is 50.3 Å². The van der Waals surface area contributed by atoms with Gasteiger partial charge in [0, 0.05) is 26.2 Å². The zero-order chi connectivity index (χ0) is 19.3. The second kappa shape index (κ2) is 8.50. The monoisotopic (exact) mass is 383 g/mol. The predicted molar refractivity (Wildman–Crippen MR) is 108 cm³/mol. The van der Waals surface area contributed by atoms with Crippen molar-refractivity contribution in [1.29, 1.82) is 0 Å². The summed E-state index contributed by atoms with van der Waals surface area (Å²) >= 11 is 0. The van der Waals surface area contributed by atoms with Crippen LogP contribution >= 0.6 is 0 Å². The Labute approximate surface area is 165 Å². The Hall–Kier alpha value is -2.76. The molecule has 0 atom stereocenters. The third kappa shape index (κ3) is 4.21. The molecule has 2 aromatic carbocycles. The van der Waals surface area contributed by atoms with Crippen molar-refractivity contribution in [3.05, 3.63) is 59.4 Å². The Kier molecular flexibility index (Phi) is 5.65. The fraction of sp³-hybridized carbons (Fsp3) is 0.409. The molecule has 28 heavy (non-hydrogen) atoms. The van der Waals surface area contributed by atoms with E-state index in [1.165, 1.54) is 23.6 Å². The average Bonchev–Trinajstić information content (AvgIpc) is 3.19. The van der Waals surface area contributed by atoms with Crippen molar-refractivity contribution in [2.75, 3.05) is 44.2 Å². The summed E-state index contributed by atoms with van der Waals surface area (Å²) in [7, 11) is 0. The van der Waals surface area contributed by atoms with E-state index < -0.39 is 0 Å². The molecule has 1 fully saturated rings. The minimum absolute atomic E-state index is 0.0919. The molecule has 2 amide bonds. The predicted octanol–water partition coefficient (Wildman–Crippen LogP) is 3.23. The first kappa shape index (κ1) is 18.6. The first-order valence-corrected chi connectivity index (χ1v) is 9.97. The number of carbonyl (C=O) groups excluding carboxylic acids is 1. The molecule has 1 aliphatic heterocycles. The molecule has 148 valence electrons. The number of anilines is 1. The van der Waals surface area contributed by atoms with Crippen molar-refractivity contribution in [2.24, 2.45) is 0 Å². The largest absolute Gasteiger partial charge is 0.492 e. The molecule has 2 aliphatic rings. The van der Waals surface area contributed by atoms with Gasteiger partial charge in [-0.25, -0.2) is 9.18 Å². The van der Waals surface area contributed by atoms with Crippen LogP contribution in [0.2, 0.25) is 0 Å². The van der Waals surface area contributed by atoms with E-state index in [4.69, 9.17) is 4.74 Å². The zero-order valence-corrected chi connectivity index (χ0v) is 16.0. The summed E-state index contributed by atoms with van der Waals surface area (Å²) in [6.45, 7) is 3.31. The number of hydrogen-bond acceptors (Lipinski definition) is 3. The molecule has 0 bridgehead atoms. The lowest BCUT2D eigenvalue weighted by molar-refractivity contribution is 0.191. The Morgan fingerprint density at radius 2 is 1.82 bits per heavy atom. The number of benzene rings is 2. The number of hydrogen-bond donors (Lipinski definition) is 1. The van der Waals surface area contributed by atoms with Gasteiger partial charge in [-0.3, -0.25) is 0 Å².